The molecule has 2 heterocycles. The average molecular weight is 321 g/mol. The van der Waals surface area contributed by atoms with E-state index in [1.165, 1.54) is 12.5 Å². The minimum absolute atomic E-state index is 0.0764. The number of piperidine rings is 1. The third-order valence-corrected chi connectivity index (χ3v) is 4.29. The van der Waals surface area contributed by atoms with Crippen LogP contribution < -0.4 is 11.1 Å². The third-order valence-electron chi connectivity index (χ3n) is 4.29. The van der Waals surface area contributed by atoms with Crippen molar-refractivity contribution in [1.29, 1.82) is 0 Å². The number of hydrogen-bond donors (Lipinski definition) is 2. The number of nitrogens with one attached hydrogen (secondary N) is 1. The van der Waals surface area contributed by atoms with Crippen molar-refractivity contribution in [3.05, 3.63) is 24.2 Å². The molecule has 1 aliphatic rings. The molecule has 1 aliphatic heterocycles. The fraction of sp³-hybridized carbons (Fsp3) is 0.562. The van der Waals surface area contributed by atoms with Crippen LogP contribution in [0.5, 0.6) is 0 Å². The summed E-state index contributed by atoms with van der Waals surface area (Å²) in [6.45, 7) is 4.67. The van der Waals surface area contributed by atoms with E-state index >= 15 is 0 Å². The molecule has 0 spiro atoms. The Bertz CT molecular complexity index is 572. The molecule has 1 saturated heterocycles. The molecule has 23 heavy (non-hydrogen) atoms. The Kier molecular flexibility index (Phi) is 5.08. The van der Waals surface area contributed by atoms with E-state index in [0.717, 1.165) is 0 Å². The van der Waals surface area contributed by atoms with Gasteiger partial charge in [0.2, 0.25) is 11.8 Å². The summed E-state index contributed by atoms with van der Waals surface area (Å²) in [6.07, 6.45) is 4.10. The first-order valence-electron chi connectivity index (χ1n) is 7.70. The Morgan fingerprint density at radius 1 is 1.35 bits per heavy atom. The molecule has 3 amide bonds. The number of primary amides is 1. The number of hydrogen-bond acceptors (Lipinski definition) is 4. The molecular weight excluding hydrogens is 298 g/mol. The number of rotatable bonds is 5. The van der Waals surface area contributed by atoms with Crippen molar-refractivity contribution in [3.8, 4) is 0 Å². The van der Waals surface area contributed by atoms with Crippen molar-refractivity contribution in [2.45, 2.75) is 26.7 Å². The van der Waals surface area contributed by atoms with Crippen molar-refractivity contribution < 1.29 is 18.8 Å². The lowest BCUT2D eigenvalue weighted by Gasteiger charge is -2.31. The van der Waals surface area contributed by atoms with Gasteiger partial charge in [-0.2, -0.15) is 0 Å². The second kappa shape index (κ2) is 6.85. The van der Waals surface area contributed by atoms with Gasteiger partial charge in [0.15, 0.2) is 0 Å². The molecule has 126 valence electrons. The molecule has 7 heteroatoms. The van der Waals surface area contributed by atoms with Gasteiger partial charge in [0.25, 0.3) is 5.91 Å². The maximum atomic E-state index is 12.2. The van der Waals surface area contributed by atoms with Crippen LogP contribution in [0.3, 0.4) is 0 Å². The van der Waals surface area contributed by atoms with Crippen molar-refractivity contribution in [2.75, 3.05) is 19.6 Å². The molecular formula is C16H23N3O4. The lowest BCUT2D eigenvalue weighted by atomic mass is 9.91. The van der Waals surface area contributed by atoms with Crippen LogP contribution in [0.15, 0.2) is 23.0 Å². The topological polar surface area (TPSA) is 106 Å². The molecule has 0 atom stereocenters. The van der Waals surface area contributed by atoms with Gasteiger partial charge in [-0.25, -0.2) is 0 Å². The van der Waals surface area contributed by atoms with Gasteiger partial charge in [0.05, 0.1) is 17.2 Å². The smallest absolute Gasteiger partial charge is 0.257 e. The summed E-state index contributed by atoms with van der Waals surface area (Å²) in [6, 6.07) is 1.63. The van der Waals surface area contributed by atoms with E-state index in [0.29, 0.717) is 31.5 Å². The second-order valence-electron chi connectivity index (χ2n) is 6.54. The molecule has 0 radical (unpaired) electrons. The molecule has 0 aromatic carbocycles. The summed E-state index contributed by atoms with van der Waals surface area (Å²) in [4.78, 5) is 37.4. The van der Waals surface area contributed by atoms with Gasteiger partial charge in [0.1, 0.15) is 6.26 Å². The van der Waals surface area contributed by atoms with Gasteiger partial charge in [-0.3, -0.25) is 14.4 Å². The van der Waals surface area contributed by atoms with Crippen LogP contribution in [0.25, 0.3) is 0 Å². The highest BCUT2D eigenvalue weighted by Crippen LogP contribution is 2.20. The number of carbonyl (C=O) groups excluding carboxylic acids is 3. The number of nitrogens with zero attached hydrogens (tertiary/aromatic N) is 1. The molecule has 7 nitrogen and oxygen atoms in total. The molecule has 3 N–H and O–H groups in total. The number of furan rings is 1. The Morgan fingerprint density at radius 2 is 2.00 bits per heavy atom. The first-order valence-corrected chi connectivity index (χ1v) is 7.70. The van der Waals surface area contributed by atoms with Crippen LogP contribution in [0.4, 0.5) is 0 Å². The van der Waals surface area contributed by atoms with Crippen molar-refractivity contribution in [2.24, 2.45) is 17.1 Å². The predicted octanol–water partition coefficient (Wildman–Crippen LogP) is 0.759. The SMILES string of the molecule is CC(C)(CNC(=O)C1CCN(C(=O)c2ccoc2)CC1)C(N)=O. The molecule has 2 rings (SSSR count). The van der Waals surface area contributed by atoms with E-state index in [1.54, 1.807) is 24.8 Å². The van der Waals surface area contributed by atoms with E-state index in [9.17, 15) is 14.4 Å². The number of nitrogens with two attached hydrogens (primary N) is 1. The minimum Gasteiger partial charge on any atom is -0.472 e. The Balaban J connectivity index is 1.81. The molecule has 0 unspecified atom stereocenters. The highest BCUT2D eigenvalue weighted by molar-refractivity contribution is 5.94. The first kappa shape index (κ1) is 17.1. The molecule has 1 aromatic heterocycles. The van der Waals surface area contributed by atoms with Gasteiger partial charge in [-0.15, -0.1) is 0 Å². The summed E-state index contributed by atoms with van der Waals surface area (Å²) in [5.41, 5.74) is 5.04. The monoisotopic (exact) mass is 321 g/mol. The number of carbonyl (C=O) groups is 3. The van der Waals surface area contributed by atoms with E-state index in [4.69, 9.17) is 10.2 Å². The fourth-order valence-electron chi connectivity index (χ4n) is 2.45. The second-order valence-corrected chi connectivity index (χ2v) is 6.54. The third kappa shape index (κ3) is 4.12. The van der Waals surface area contributed by atoms with E-state index in [-0.39, 0.29) is 24.3 Å². The minimum atomic E-state index is -0.770. The summed E-state index contributed by atoms with van der Waals surface area (Å²) < 4.78 is 4.92. The van der Waals surface area contributed by atoms with Crippen LogP contribution in [0, 0.1) is 11.3 Å². The summed E-state index contributed by atoms with van der Waals surface area (Å²) >= 11 is 0. The number of amides is 3. The molecule has 0 saturated carbocycles. The highest BCUT2D eigenvalue weighted by atomic mass is 16.3. The van der Waals surface area contributed by atoms with Crippen molar-refractivity contribution in [1.82, 2.24) is 10.2 Å². The molecule has 0 bridgehead atoms. The standard InChI is InChI=1S/C16H23N3O4/c1-16(2,15(17)22)10-18-13(20)11-3-6-19(7-4-11)14(21)12-5-8-23-9-12/h5,8-9,11H,3-4,6-7,10H2,1-2H3,(H2,17,22)(H,18,20). The number of likely N-dealkylation sites (tertiary alicyclic amines) is 1. The van der Waals surface area contributed by atoms with Gasteiger partial charge >= 0.3 is 0 Å². The predicted molar refractivity (Wildman–Crippen MR) is 83.3 cm³/mol. The maximum Gasteiger partial charge on any atom is 0.257 e. The van der Waals surface area contributed by atoms with E-state index in [2.05, 4.69) is 5.32 Å². The van der Waals surface area contributed by atoms with Gasteiger partial charge in [0, 0.05) is 25.6 Å². The Labute approximate surface area is 135 Å². The van der Waals surface area contributed by atoms with Crippen molar-refractivity contribution >= 4 is 17.7 Å². The lowest BCUT2D eigenvalue weighted by molar-refractivity contribution is -0.129. The Hall–Kier alpha value is -2.31. The zero-order valence-corrected chi connectivity index (χ0v) is 13.5. The summed E-state index contributed by atoms with van der Waals surface area (Å²) in [5.74, 6) is -0.757. The summed E-state index contributed by atoms with van der Waals surface area (Å²) in [5, 5.41) is 2.79. The van der Waals surface area contributed by atoms with E-state index in [1.807, 2.05) is 0 Å². The van der Waals surface area contributed by atoms with Crippen LogP contribution in [-0.4, -0.2) is 42.3 Å². The Morgan fingerprint density at radius 3 is 2.52 bits per heavy atom. The zero-order chi connectivity index (χ0) is 17.0. The molecule has 1 fully saturated rings. The van der Waals surface area contributed by atoms with E-state index < -0.39 is 11.3 Å². The maximum absolute atomic E-state index is 12.2. The fourth-order valence-corrected chi connectivity index (χ4v) is 2.45. The largest absolute Gasteiger partial charge is 0.472 e. The molecule has 0 aliphatic carbocycles. The van der Waals surface area contributed by atoms with Gasteiger partial charge in [-0.05, 0) is 32.8 Å². The van der Waals surface area contributed by atoms with Crippen LogP contribution in [0.1, 0.15) is 37.0 Å². The summed E-state index contributed by atoms with van der Waals surface area (Å²) in [7, 11) is 0. The van der Waals surface area contributed by atoms with Crippen LogP contribution in [-0.2, 0) is 9.59 Å². The lowest BCUT2D eigenvalue weighted by Crippen LogP contribution is -2.47. The van der Waals surface area contributed by atoms with Gasteiger partial charge in [-0.1, -0.05) is 0 Å². The van der Waals surface area contributed by atoms with Crippen LogP contribution >= 0.6 is 0 Å². The average Bonchev–Trinajstić information content (AvgIpc) is 3.06. The van der Waals surface area contributed by atoms with Crippen molar-refractivity contribution in [3.63, 3.8) is 0 Å². The first-order chi connectivity index (χ1) is 10.8. The van der Waals surface area contributed by atoms with Crippen LogP contribution in [0.2, 0.25) is 0 Å². The van der Waals surface area contributed by atoms with Gasteiger partial charge < -0.3 is 20.4 Å². The quantitative estimate of drug-likeness (QED) is 0.835. The zero-order valence-electron chi connectivity index (χ0n) is 13.5. The molecule has 1 aromatic rings. The normalized spacial score (nSPS) is 16.2. The highest BCUT2D eigenvalue weighted by Gasteiger charge is 2.30.